The highest BCUT2D eigenvalue weighted by Gasteiger charge is 2.18. The van der Waals surface area contributed by atoms with Crippen molar-refractivity contribution in [3.8, 4) is 0 Å². The number of amides is 1. The Morgan fingerprint density at radius 1 is 1.59 bits per heavy atom. The first-order valence-electron chi connectivity index (χ1n) is 4.95. The lowest BCUT2D eigenvalue weighted by Gasteiger charge is -2.15. The molecule has 0 fully saturated rings. The molecular formula is C9H13BN4O3. The number of rotatable bonds is 5. The van der Waals surface area contributed by atoms with Gasteiger partial charge in [0.2, 0.25) is 7.85 Å². The van der Waals surface area contributed by atoms with E-state index in [0.29, 0.717) is 11.5 Å². The van der Waals surface area contributed by atoms with Gasteiger partial charge in [0, 0.05) is 12.7 Å². The molecular weight excluding hydrogens is 223 g/mol. The van der Waals surface area contributed by atoms with Crippen LogP contribution in [0.5, 0.6) is 0 Å². The molecule has 0 unspecified atom stereocenters. The second kappa shape index (κ2) is 5.73. The number of nitrogens with zero attached hydrogens (tertiary/aromatic N) is 1. The summed E-state index contributed by atoms with van der Waals surface area (Å²) >= 11 is 0. The molecule has 0 aromatic carbocycles. The maximum absolute atomic E-state index is 10.8. The first-order valence-corrected chi connectivity index (χ1v) is 4.95. The van der Waals surface area contributed by atoms with Crippen LogP contribution in [0.15, 0.2) is 18.3 Å². The smallest absolute Gasteiger partial charge is 0.328 e. The van der Waals surface area contributed by atoms with E-state index in [1.807, 2.05) is 0 Å². The minimum absolute atomic E-state index is 0.0100. The van der Waals surface area contributed by atoms with Crippen LogP contribution < -0.4 is 16.4 Å². The summed E-state index contributed by atoms with van der Waals surface area (Å²) in [5, 5.41) is 13.9. The maximum Gasteiger partial charge on any atom is 0.328 e. The van der Waals surface area contributed by atoms with E-state index in [9.17, 15) is 9.59 Å². The van der Waals surface area contributed by atoms with Gasteiger partial charge in [0.25, 0.3) is 0 Å². The molecule has 0 radical (unpaired) electrons. The Hall–Kier alpha value is -2.25. The molecule has 0 spiro atoms. The van der Waals surface area contributed by atoms with Gasteiger partial charge in [-0.3, -0.25) is 4.79 Å². The number of aromatic nitrogens is 1. The SMILES string of the molecule is BC(=O)N[C@@H](CNc1ncccc1N)C(=O)O. The summed E-state index contributed by atoms with van der Waals surface area (Å²) in [7, 11) is 1.26. The standard InChI is InChI=1S/C9H13BN4O3/c10-9(17)14-6(8(15)16)4-13-7-5(11)2-1-3-12-7/h1-3,6H,4,10-11H2,(H,12,13)(H,14,17)(H,15,16)/t6-/m0/s1. The van der Waals surface area contributed by atoms with E-state index in [1.54, 1.807) is 12.1 Å². The minimum atomic E-state index is -1.12. The molecule has 90 valence electrons. The van der Waals surface area contributed by atoms with Crippen molar-refractivity contribution < 1.29 is 14.7 Å². The van der Waals surface area contributed by atoms with Crippen LogP contribution in [0.4, 0.5) is 16.3 Å². The second-order valence-electron chi connectivity index (χ2n) is 3.41. The van der Waals surface area contributed by atoms with Crippen LogP contribution in [0, 0.1) is 0 Å². The van der Waals surface area contributed by atoms with Crippen molar-refractivity contribution in [1.29, 1.82) is 0 Å². The molecule has 0 aliphatic rings. The molecule has 1 amide bonds. The first-order chi connectivity index (χ1) is 8.00. The van der Waals surface area contributed by atoms with Crippen LogP contribution >= 0.6 is 0 Å². The number of hydrogen-bond acceptors (Lipinski definition) is 5. The Balaban J connectivity index is 2.61. The van der Waals surface area contributed by atoms with Gasteiger partial charge in [-0.05, 0) is 12.1 Å². The van der Waals surface area contributed by atoms with Crippen LogP contribution in [0.25, 0.3) is 0 Å². The summed E-state index contributed by atoms with van der Waals surface area (Å²) < 4.78 is 0. The number of carboxylic acids is 1. The lowest BCUT2D eigenvalue weighted by Crippen LogP contribution is -2.45. The van der Waals surface area contributed by atoms with Crippen LogP contribution in [-0.2, 0) is 4.79 Å². The molecule has 17 heavy (non-hydrogen) atoms. The van der Waals surface area contributed by atoms with E-state index in [0.717, 1.165) is 0 Å². The van der Waals surface area contributed by atoms with Gasteiger partial charge < -0.3 is 21.5 Å². The van der Waals surface area contributed by atoms with Crippen LogP contribution in [0.2, 0.25) is 0 Å². The largest absolute Gasteiger partial charge is 0.480 e. The monoisotopic (exact) mass is 236 g/mol. The number of carbonyl (C=O) groups excluding carboxylic acids is 1. The molecule has 5 N–H and O–H groups in total. The quantitative estimate of drug-likeness (QED) is 0.480. The van der Waals surface area contributed by atoms with Gasteiger partial charge in [-0.15, -0.1) is 0 Å². The number of nitrogens with two attached hydrogens (primary N) is 1. The van der Waals surface area contributed by atoms with E-state index in [1.165, 1.54) is 14.0 Å². The Labute approximate surface area is 98.8 Å². The summed E-state index contributed by atoms with van der Waals surface area (Å²) in [6, 6.07) is 2.29. The third kappa shape index (κ3) is 4.02. The van der Waals surface area contributed by atoms with Crippen LogP contribution in [0.3, 0.4) is 0 Å². The number of nitrogens with one attached hydrogen (secondary N) is 2. The Kier molecular flexibility index (Phi) is 4.33. The van der Waals surface area contributed by atoms with Crippen LogP contribution in [-0.4, -0.2) is 42.3 Å². The topological polar surface area (TPSA) is 117 Å². The van der Waals surface area contributed by atoms with Gasteiger partial charge in [-0.1, -0.05) is 0 Å². The molecule has 0 saturated carbocycles. The van der Waals surface area contributed by atoms with E-state index >= 15 is 0 Å². The molecule has 0 aliphatic carbocycles. The molecule has 0 saturated heterocycles. The molecule has 7 nitrogen and oxygen atoms in total. The highest BCUT2D eigenvalue weighted by Crippen LogP contribution is 2.12. The molecule has 1 heterocycles. The zero-order chi connectivity index (χ0) is 12.8. The van der Waals surface area contributed by atoms with Crippen molar-refractivity contribution in [3.63, 3.8) is 0 Å². The number of nitrogen functional groups attached to an aromatic ring is 1. The molecule has 0 aliphatic heterocycles. The molecule has 1 aromatic heterocycles. The number of hydrogen-bond donors (Lipinski definition) is 4. The zero-order valence-electron chi connectivity index (χ0n) is 9.30. The summed E-state index contributed by atoms with van der Waals surface area (Å²) in [6.45, 7) is 0.0100. The predicted octanol–water partition coefficient (Wildman–Crippen LogP) is -1.13. The summed E-state index contributed by atoms with van der Waals surface area (Å²) in [6.07, 6.45) is 1.53. The Morgan fingerprint density at radius 2 is 2.29 bits per heavy atom. The molecule has 8 heteroatoms. The molecule has 1 aromatic rings. The third-order valence-electron chi connectivity index (χ3n) is 1.99. The number of anilines is 2. The first kappa shape index (κ1) is 12.8. The maximum atomic E-state index is 10.8. The molecule has 1 atom stereocenters. The minimum Gasteiger partial charge on any atom is -0.480 e. The molecule has 0 bridgehead atoms. The average Bonchev–Trinajstić information content (AvgIpc) is 2.25. The van der Waals surface area contributed by atoms with E-state index in [4.69, 9.17) is 10.8 Å². The fourth-order valence-corrected chi connectivity index (χ4v) is 1.21. The zero-order valence-corrected chi connectivity index (χ0v) is 9.30. The van der Waals surface area contributed by atoms with Gasteiger partial charge in [0.1, 0.15) is 11.9 Å². The van der Waals surface area contributed by atoms with Crippen molar-refractivity contribution in [2.24, 2.45) is 0 Å². The lowest BCUT2D eigenvalue weighted by molar-refractivity contribution is -0.138. The lowest BCUT2D eigenvalue weighted by atomic mass is 10.1. The van der Waals surface area contributed by atoms with Crippen molar-refractivity contribution >= 4 is 31.1 Å². The average molecular weight is 236 g/mol. The van der Waals surface area contributed by atoms with E-state index in [-0.39, 0.29) is 6.54 Å². The van der Waals surface area contributed by atoms with Gasteiger partial charge in [0.05, 0.1) is 5.69 Å². The van der Waals surface area contributed by atoms with Crippen molar-refractivity contribution in [2.75, 3.05) is 17.6 Å². The van der Waals surface area contributed by atoms with Gasteiger partial charge in [-0.2, -0.15) is 0 Å². The van der Waals surface area contributed by atoms with Crippen molar-refractivity contribution in [3.05, 3.63) is 18.3 Å². The van der Waals surface area contributed by atoms with Crippen LogP contribution in [0.1, 0.15) is 0 Å². The van der Waals surface area contributed by atoms with Gasteiger partial charge in [0.15, 0.2) is 5.81 Å². The highest BCUT2D eigenvalue weighted by atomic mass is 16.4. The Morgan fingerprint density at radius 3 is 2.82 bits per heavy atom. The summed E-state index contributed by atoms with van der Waals surface area (Å²) in [5.41, 5.74) is 6.04. The number of carbonyl (C=O) groups is 2. The highest BCUT2D eigenvalue weighted by molar-refractivity contribution is 6.57. The fraction of sp³-hybridized carbons (Fsp3) is 0.222. The molecule has 1 rings (SSSR count). The Bertz CT molecular complexity index is 426. The number of aliphatic carboxylic acids is 1. The number of carboxylic acid groups (broad SMARTS) is 1. The van der Waals surface area contributed by atoms with E-state index in [2.05, 4.69) is 15.6 Å². The third-order valence-corrected chi connectivity index (χ3v) is 1.99. The predicted molar refractivity (Wildman–Crippen MR) is 65.6 cm³/mol. The summed E-state index contributed by atoms with van der Waals surface area (Å²) in [5.74, 6) is -1.14. The fourth-order valence-electron chi connectivity index (χ4n) is 1.21. The summed E-state index contributed by atoms with van der Waals surface area (Å²) in [4.78, 5) is 25.6. The normalized spacial score (nSPS) is 11.5. The number of pyridine rings is 1. The van der Waals surface area contributed by atoms with Gasteiger partial charge >= 0.3 is 5.97 Å². The van der Waals surface area contributed by atoms with Crippen molar-refractivity contribution in [1.82, 2.24) is 10.3 Å². The van der Waals surface area contributed by atoms with E-state index < -0.39 is 17.8 Å². The second-order valence-corrected chi connectivity index (χ2v) is 3.41. The van der Waals surface area contributed by atoms with Crippen molar-refractivity contribution in [2.45, 2.75) is 6.04 Å². The van der Waals surface area contributed by atoms with Gasteiger partial charge in [-0.25, -0.2) is 9.78 Å².